The summed E-state index contributed by atoms with van der Waals surface area (Å²) in [6.07, 6.45) is 1.77. The Labute approximate surface area is 138 Å². The molecule has 0 fully saturated rings. The number of fused-ring (bicyclic) bond motifs is 1. The first-order valence-electron chi connectivity index (χ1n) is 7.47. The van der Waals surface area contributed by atoms with Gasteiger partial charge in [-0.05, 0) is 17.2 Å². The molecule has 0 aliphatic rings. The number of hydrogen-bond acceptors (Lipinski definition) is 3. The lowest BCUT2D eigenvalue weighted by Gasteiger charge is -2.15. The number of hydrogen-bond donors (Lipinski definition) is 1. The Morgan fingerprint density at radius 1 is 1.25 bits per heavy atom. The van der Waals surface area contributed by atoms with E-state index in [2.05, 4.69) is 0 Å². The van der Waals surface area contributed by atoms with E-state index in [0.717, 1.165) is 16.5 Å². The maximum Gasteiger partial charge on any atom is 0.304 e. The maximum atomic E-state index is 11.4. The summed E-state index contributed by atoms with van der Waals surface area (Å²) < 4.78 is 1.94. The van der Waals surface area contributed by atoms with Crippen molar-refractivity contribution in [3.8, 4) is 0 Å². The minimum absolute atomic E-state index is 0.0388. The molecule has 0 amide bonds. The van der Waals surface area contributed by atoms with Gasteiger partial charge in [-0.3, -0.25) is 14.9 Å². The summed E-state index contributed by atoms with van der Waals surface area (Å²) in [6.45, 7) is 0. The SMILES string of the molecule is Cn1cc(C(CC(=O)O)c2cccc([N+](=O)[O-])c2)c2ccccc21. The molecule has 24 heavy (non-hydrogen) atoms. The van der Waals surface area contributed by atoms with Gasteiger partial charge in [-0.2, -0.15) is 0 Å². The van der Waals surface area contributed by atoms with E-state index < -0.39 is 16.8 Å². The van der Waals surface area contributed by atoms with Crippen LogP contribution in [0, 0.1) is 10.1 Å². The summed E-state index contributed by atoms with van der Waals surface area (Å²) in [6, 6.07) is 13.9. The van der Waals surface area contributed by atoms with E-state index in [1.807, 2.05) is 42.1 Å². The molecule has 0 radical (unpaired) electrons. The molecule has 6 heteroatoms. The van der Waals surface area contributed by atoms with E-state index in [4.69, 9.17) is 0 Å². The molecule has 1 atom stereocenters. The average molecular weight is 324 g/mol. The minimum atomic E-state index is -0.945. The highest BCUT2D eigenvalue weighted by molar-refractivity contribution is 5.85. The molecule has 3 aromatic rings. The highest BCUT2D eigenvalue weighted by Gasteiger charge is 2.23. The third-order valence-electron chi connectivity index (χ3n) is 4.17. The topological polar surface area (TPSA) is 85.4 Å². The zero-order valence-corrected chi connectivity index (χ0v) is 13.0. The zero-order valence-electron chi connectivity index (χ0n) is 13.0. The lowest BCUT2D eigenvalue weighted by molar-refractivity contribution is -0.384. The number of non-ortho nitro benzene ring substituents is 1. The van der Waals surface area contributed by atoms with Crippen molar-refractivity contribution < 1.29 is 14.8 Å². The number of nitrogens with zero attached hydrogens (tertiary/aromatic N) is 2. The molecule has 0 saturated heterocycles. The van der Waals surface area contributed by atoms with Crippen molar-refractivity contribution in [3.05, 3.63) is 76.0 Å². The number of nitro benzene ring substituents is 1. The standard InChI is InChI=1S/C18H16N2O4/c1-19-11-16(14-7-2-3-8-17(14)19)15(10-18(21)22)12-5-4-6-13(9-12)20(23)24/h2-9,11,15H,10H2,1H3,(H,21,22). The van der Waals surface area contributed by atoms with Gasteiger partial charge in [0.2, 0.25) is 0 Å². The molecule has 0 aliphatic heterocycles. The number of aryl methyl sites for hydroxylation is 1. The van der Waals surface area contributed by atoms with Gasteiger partial charge < -0.3 is 9.67 Å². The van der Waals surface area contributed by atoms with E-state index in [1.165, 1.54) is 12.1 Å². The van der Waals surface area contributed by atoms with Crippen LogP contribution in [-0.4, -0.2) is 20.6 Å². The summed E-state index contributed by atoms with van der Waals surface area (Å²) in [4.78, 5) is 21.9. The van der Waals surface area contributed by atoms with Gasteiger partial charge in [-0.1, -0.05) is 30.3 Å². The number of carbonyl (C=O) groups is 1. The second-order valence-corrected chi connectivity index (χ2v) is 5.72. The van der Waals surface area contributed by atoms with E-state index in [1.54, 1.807) is 12.1 Å². The molecule has 1 unspecified atom stereocenters. The van der Waals surface area contributed by atoms with Crippen molar-refractivity contribution in [1.29, 1.82) is 0 Å². The molecule has 0 spiro atoms. The lowest BCUT2D eigenvalue weighted by Crippen LogP contribution is -2.08. The van der Waals surface area contributed by atoms with Crippen LogP contribution in [0.5, 0.6) is 0 Å². The molecule has 3 rings (SSSR count). The third-order valence-corrected chi connectivity index (χ3v) is 4.17. The molecular formula is C18H16N2O4. The highest BCUT2D eigenvalue weighted by atomic mass is 16.6. The van der Waals surface area contributed by atoms with E-state index in [0.29, 0.717) is 5.56 Å². The molecule has 6 nitrogen and oxygen atoms in total. The van der Waals surface area contributed by atoms with Crippen LogP contribution in [0.4, 0.5) is 5.69 Å². The second kappa shape index (κ2) is 6.16. The van der Waals surface area contributed by atoms with Gasteiger partial charge in [0.25, 0.3) is 5.69 Å². The Morgan fingerprint density at radius 3 is 2.71 bits per heavy atom. The van der Waals surface area contributed by atoms with Crippen molar-refractivity contribution in [1.82, 2.24) is 4.57 Å². The second-order valence-electron chi connectivity index (χ2n) is 5.72. The number of nitro groups is 1. The fraction of sp³-hybridized carbons (Fsp3) is 0.167. The van der Waals surface area contributed by atoms with Gasteiger partial charge in [-0.15, -0.1) is 0 Å². The number of aromatic nitrogens is 1. The van der Waals surface area contributed by atoms with Crippen molar-refractivity contribution in [2.75, 3.05) is 0 Å². The number of benzene rings is 2. The van der Waals surface area contributed by atoms with Gasteiger partial charge in [0.05, 0.1) is 11.3 Å². The zero-order chi connectivity index (χ0) is 17.3. The first-order valence-corrected chi connectivity index (χ1v) is 7.47. The van der Waals surface area contributed by atoms with Crippen LogP contribution in [0.1, 0.15) is 23.5 Å². The molecule has 2 aromatic carbocycles. The van der Waals surface area contributed by atoms with Crippen LogP contribution in [0.25, 0.3) is 10.9 Å². The number of rotatable bonds is 5. The molecule has 1 aromatic heterocycles. The predicted octanol–water partition coefficient (Wildman–Crippen LogP) is 3.69. The Bertz CT molecular complexity index is 930. The summed E-state index contributed by atoms with van der Waals surface area (Å²) in [7, 11) is 1.90. The number of carboxylic acids is 1. The first kappa shape index (κ1) is 15.7. The normalized spacial score (nSPS) is 12.2. The fourth-order valence-corrected chi connectivity index (χ4v) is 3.09. The van der Waals surface area contributed by atoms with E-state index >= 15 is 0 Å². The van der Waals surface area contributed by atoms with Crippen LogP contribution < -0.4 is 0 Å². The monoisotopic (exact) mass is 324 g/mol. The number of aliphatic carboxylic acids is 1. The van der Waals surface area contributed by atoms with Crippen LogP contribution in [-0.2, 0) is 11.8 Å². The minimum Gasteiger partial charge on any atom is -0.481 e. The molecule has 0 aliphatic carbocycles. The van der Waals surface area contributed by atoms with Crippen LogP contribution >= 0.6 is 0 Å². The molecule has 0 bridgehead atoms. The Kier molecular flexibility index (Phi) is 4.04. The van der Waals surface area contributed by atoms with Crippen molar-refractivity contribution in [3.63, 3.8) is 0 Å². The summed E-state index contributed by atoms with van der Waals surface area (Å²) in [5.74, 6) is -1.40. The van der Waals surface area contributed by atoms with Gasteiger partial charge in [0.15, 0.2) is 0 Å². The van der Waals surface area contributed by atoms with Crippen molar-refractivity contribution >= 4 is 22.6 Å². The van der Waals surface area contributed by atoms with Crippen molar-refractivity contribution in [2.45, 2.75) is 12.3 Å². The molecule has 0 saturated carbocycles. The lowest BCUT2D eigenvalue weighted by atomic mass is 9.88. The van der Waals surface area contributed by atoms with Gasteiger partial charge in [-0.25, -0.2) is 0 Å². The smallest absolute Gasteiger partial charge is 0.304 e. The largest absolute Gasteiger partial charge is 0.481 e. The Morgan fingerprint density at radius 2 is 2.00 bits per heavy atom. The third kappa shape index (κ3) is 2.86. The summed E-state index contributed by atoms with van der Waals surface area (Å²) >= 11 is 0. The van der Waals surface area contributed by atoms with Gasteiger partial charge >= 0.3 is 5.97 Å². The first-order chi connectivity index (χ1) is 11.5. The highest BCUT2D eigenvalue weighted by Crippen LogP contribution is 2.35. The Hall–Kier alpha value is -3.15. The van der Waals surface area contributed by atoms with E-state index in [9.17, 15) is 20.0 Å². The van der Waals surface area contributed by atoms with Crippen LogP contribution in [0.15, 0.2) is 54.7 Å². The van der Waals surface area contributed by atoms with Gasteiger partial charge in [0, 0.05) is 42.2 Å². The van der Waals surface area contributed by atoms with Gasteiger partial charge in [0.1, 0.15) is 0 Å². The van der Waals surface area contributed by atoms with Crippen molar-refractivity contribution in [2.24, 2.45) is 7.05 Å². The average Bonchev–Trinajstić information content (AvgIpc) is 2.90. The summed E-state index contributed by atoms with van der Waals surface area (Å²) in [5.41, 5.74) is 2.44. The molecular weight excluding hydrogens is 308 g/mol. The maximum absolute atomic E-state index is 11.4. The summed E-state index contributed by atoms with van der Waals surface area (Å²) in [5, 5.41) is 21.3. The predicted molar refractivity (Wildman–Crippen MR) is 90.1 cm³/mol. The molecule has 1 heterocycles. The number of carboxylic acid groups (broad SMARTS) is 1. The number of para-hydroxylation sites is 1. The van der Waals surface area contributed by atoms with Crippen LogP contribution in [0.3, 0.4) is 0 Å². The quantitative estimate of drug-likeness (QED) is 0.573. The van der Waals surface area contributed by atoms with Crippen LogP contribution in [0.2, 0.25) is 0 Å². The molecule has 1 N–H and O–H groups in total. The Balaban J connectivity index is 2.18. The fourth-order valence-electron chi connectivity index (χ4n) is 3.09. The molecule has 122 valence electrons. The van der Waals surface area contributed by atoms with E-state index in [-0.39, 0.29) is 12.1 Å².